The third kappa shape index (κ3) is 3.81. The summed E-state index contributed by atoms with van der Waals surface area (Å²) in [6.07, 6.45) is 2.95. The fourth-order valence-electron chi connectivity index (χ4n) is 4.22. The molecule has 1 aromatic carbocycles. The molecule has 150 valence electrons. The van der Waals surface area contributed by atoms with Crippen LogP contribution in [0, 0.1) is 0 Å². The highest BCUT2D eigenvalue weighted by atomic mass is 19.1. The average molecular weight is 380 g/mol. The highest BCUT2D eigenvalue weighted by Gasteiger charge is 2.52. The minimum Gasteiger partial charge on any atom is -0.478 e. The molecule has 3 rings (SSSR count). The Bertz CT molecular complexity index is 663. The predicted octanol–water partition coefficient (Wildman–Crippen LogP) is 3.82. The van der Waals surface area contributed by atoms with Crippen molar-refractivity contribution in [2.24, 2.45) is 0 Å². The van der Waals surface area contributed by atoms with Crippen LogP contribution in [0.25, 0.3) is 0 Å². The number of hydrazine groups is 1. The molecule has 0 aliphatic carbocycles. The largest absolute Gasteiger partial charge is 0.478 e. The van der Waals surface area contributed by atoms with Crippen molar-refractivity contribution in [2.75, 3.05) is 18.4 Å². The van der Waals surface area contributed by atoms with Gasteiger partial charge in [-0.05, 0) is 52.2 Å². The Morgan fingerprint density at radius 1 is 1.41 bits per heavy atom. The number of hydrogen-bond donors (Lipinski definition) is 1. The van der Waals surface area contributed by atoms with E-state index in [1.807, 2.05) is 20.8 Å². The van der Waals surface area contributed by atoms with E-state index in [1.54, 1.807) is 34.3 Å². The zero-order valence-corrected chi connectivity index (χ0v) is 16.2. The number of hydrogen-bond acceptors (Lipinski definition) is 5. The first-order valence-electron chi connectivity index (χ1n) is 9.64. The lowest BCUT2D eigenvalue weighted by atomic mass is 9.89. The van der Waals surface area contributed by atoms with E-state index in [4.69, 9.17) is 9.47 Å². The SMILES string of the molecule is CC(C)OC1CC2(CCCCO2)N(c2ccccc2C(=O)O)N(CF)C1C. The van der Waals surface area contributed by atoms with Crippen molar-refractivity contribution in [2.45, 2.75) is 70.4 Å². The van der Waals surface area contributed by atoms with Gasteiger partial charge in [0.15, 0.2) is 12.5 Å². The monoisotopic (exact) mass is 380 g/mol. The van der Waals surface area contributed by atoms with Crippen LogP contribution in [0.1, 0.15) is 56.8 Å². The fraction of sp³-hybridized carbons (Fsp3) is 0.650. The van der Waals surface area contributed by atoms with Gasteiger partial charge in [-0.2, -0.15) is 5.01 Å². The highest BCUT2D eigenvalue weighted by Crippen LogP contribution is 2.44. The summed E-state index contributed by atoms with van der Waals surface area (Å²) in [6.45, 7) is 5.66. The lowest BCUT2D eigenvalue weighted by molar-refractivity contribution is -0.193. The maximum atomic E-state index is 14.3. The van der Waals surface area contributed by atoms with Gasteiger partial charge in [-0.15, -0.1) is 0 Å². The molecule has 6 nitrogen and oxygen atoms in total. The Labute approximate surface area is 159 Å². The van der Waals surface area contributed by atoms with Crippen LogP contribution < -0.4 is 5.01 Å². The van der Waals surface area contributed by atoms with Gasteiger partial charge in [-0.25, -0.2) is 9.18 Å². The number of carboxylic acids is 1. The zero-order valence-electron chi connectivity index (χ0n) is 16.2. The number of para-hydroxylation sites is 1. The standard InChI is InChI=1S/C20H29FN2O4/c1-14(2)27-18-12-20(10-6-7-11-26-20)23(22(13-21)15(18)3)17-9-5-4-8-16(17)19(24)25/h4-5,8-9,14-15,18H,6-7,10-13H2,1-3H3,(H,24,25). The third-order valence-corrected chi connectivity index (χ3v) is 5.44. The second kappa shape index (κ2) is 8.12. The lowest BCUT2D eigenvalue weighted by Gasteiger charge is -2.58. The number of aromatic carboxylic acids is 1. The number of ether oxygens (including phenoxy) is 2. The first kappa shape index (κ1) is 20.0. The number of anilines is 1. The Morgan fingerprint density at radius 2 is 2.15 bits per heavy atom. The normalized spacial score (nSPS) is 29.4. The second-order valence-corrected chi connectivity index (χ2v) is 7.61. The maximum absolute atomic E-state index is 14.3. The van der Waals surface area contributed by atoms with Gasteiger partial charge in [0, 0.05) is 13.0 Å². The van der Waals surface area contributed by atoms with Gasteiger partial charge in [0.05, 0.1) is 29.5 Å². The molecular formula is C20H29FN2O4. The van der Waals surface area contributed by atoms with E-state index in [0.717, 1.165) is 12.8 Å². The molecule has 0 amide bonds. The van der Waals surface area contributed by atoms with E-state index in [-0.39, 0.29) is 23.8 Å². The van der Waals surface area contributed by atoms with Crippen molar-refractivity contribution in [1.29, 1.82) is 0 Å². The lowest BCUT2D eigenvalue weighted by Crippen LogP contribution is -2.70. The minimum atomic E-state index is -1.04. The number of carboxylic acid groups (broad SMARTS) is 1. The van der Waals surface area contributed by atoms with Crippen molar-refractivity contribution in [3.05, 3.63) is 29.8 Å². The van der Waals surface area contributed by atoms with Gasteiger partial charge in [0.25, 0.3) is 0 Å². The predicted molar refractivity (Wildman–Crippen MR) is 100 cm³/mol. The number of halogens is 1. The molecule has 0 bridgehead atoms. The van der Waals surface area contributed by atoms with Gasteiger partial charge >= 0.3 is 5.97 Å². The molecule has 3 unspecified atom stereocenters. The number of alkyl halides is 1. The summed E-state index contributed by atoms with van der Waals surface area (Å²) in [5.41, 5.74) is -0.207. The molecule has 0 aromatic heterocycles. The van der Waals surface area contributed by atoms with Crippen molar-refractivity contribution in [1.82, 2.24) is 5.01 Å². The van der Waals surface area contributed by atoms with Crippen molar-refractivity contribution < 1.29 is 23.8 Å². The first-order chi connectivity index (χ1) is 12.9. The van der Waals surface area contributed by atoms with Crippen molar-refractivity contribution in [3.63, 3.8) is 0 Å². The summed E-state index contributed by atoms with van der Waals surface area (Å²) >= 11 is 0. The first-order valence-corrected chi connectivity index (χ1v) is 9.64. The van der Waals surface area contributed by atoms with Crippen LogP contribution in [0.4, 0.5) is 10.1 Å². The summed E-state index contributed by atoms with van der Waals surface area (Å²) in [4.78, 5) is 11.8. The smallest absolute Gasteiger partial charge is 0.337 e. The Balaban J connectivity index is 2.09. The molecule has 2 fully saturated rings. The molecule has 2 aliphatic rings. The van der Waals surface area contributed by atoms with Crippen LogP contribution in [0.3, 0.4) is 0 Å². The molecule has 1 N–H and O–H groups in total. The summed E-state index contributed by atoms with van der Waals surface area (Å²) < 4.78 is 26.6. The Hall–Kier alpha value is -1.70. The molecule has 3 atom stereocenters. The Morgan fingerprint density at radius 3 is 2.74 bits per heavy atom. The van der Waals surface area contributed by atoms with Gasteiger partial charge in [-0.1, -0.05) is 12.1 Å². The van der Waals surface area contributed by atoms with Crippen molar-refractivity contribution >= 4 is 11.7 Å². The molecule has 0 saturated carbocycles. The van der Waals surface area contributed by atoms with Crippen LogP contribution in [-0.4, -0.2) is 53.5 Å². The fourth-order valence-corrected chi connectivity index (χ4v) is 4.22. The number of rotatable bonds is 5. The molecule has 2 saturated heterocycles. The molecule has 0 radical (unpaired) electrons. The number of nitrogens with zero attached hydrogens (tertiary/aromatic N) is 2. The summed E-state index contributed by atoms with van der Waals surface area (Å²) in [7, 11) is 0. The van der Waals surface area contributed by atoms with Crippen LogP contribution in [0.15, 0.2) is 24.3 Å². The van der Waals surface area contributed by atoms with Gasteiger partial charge in [-0.3, -0.25) is 5.01 Å². The third-order valence-electron chi connectivity index (χ3n) is 5.44. The molecule has 7 heteroatoms. The van der Waals surface area contributed by atoms with E-state index in [0.29, 0.717) is 25.1 Å². The molecule has 1 spiro atoms. The Kier molecular flexibility index (Phi) is 6.03. The topological polar surface area (TPSA) is 62.2 Å². The van der Waals surface area contributed by atoms with Crippen molar-refractivity contribution in [3.8, 4) is 0 Å². The van der Waals surface area contributed by atoms with Crippen LogP contribution in [0.5, 0.6) is 0 Å². The van der Waals surface area contributed by atoms with E-state index < -0.39 is 18.5 Å². The van der Waals surface area contributed by atoms with E-state index >= 15 is 0 Å². The highest BCUT2D eigenvalue weighted by molar-refractivity contribution is 5.94. The maximum Gasteiger partial charge on any atom is 0.337 e. The number of benzene rings is 1. The second-order valence-electron chi connectivity index (χ2n) is 7.61. The van der Waals surface area contributed by atoms with Crippen LogP contribution >= 0.6 is 0 Å². The van der Waals surface area contributed by atoms with Crippen LogP contribution in [0.2, 0.25) is 0 Å². The quantitative estimate of drug-likeness (QED) is 0.784. The molecule has 27 heavy (non-hydrogen) atoms. The molecule has 2 heterocycles. The summed E-state index contributed by atoms with van der Waals surface area (Å²) in [5.74, 6) is -1.04. The van der Waals surface area contributed by atoms with Crippen LogP contribution in [-0.2, 0) is 9.47 Å². The zero-order chi connectivity index (χ0) is 19.6. The summed E-state index contributed by atoms with van der Waals surface area (Å²) in [5, 5.41) is 13.0. The minimum absolute atomic E-state index is 0.0115. The molecular weight excluding hydrogens is 351 g/mol. The van der Waals surface area contributed by atoms with Gasteiger partial charge < -0.3 is 14.6 Å². The van der Waals surface area contributed by atoms with E-state index in [9.17, 15) is 14.3 Å². The summed E-state index contributed by atoms with van der Waals surface area (Å²) in [6, 6.07) is 6.47. The van der Waals surface area contributed by atoms with E-state index in [1.165, 1.54) is 0 Å². The molecule has 2 aliphatic heterocycles. The van der Waals surface area contributed by atoms with Gasteiger partial charge in [0.2, 0.25) is 0 Å². The van der Waals surface area contributed by atoms with E-state index in [2.05, 4.69) is 0 Å². The number of carbonyl (C=O) groups is 1. The molecule has 1 aromatic rings. The van der Waals surface area contributed by atoms with Gasteiger partial charge in [0.1, 0.15) is 0 Å². The average Bonchev–Trinajstić information content (AvgIpc) is 2.64.